The zero-order valence-electron chi connectivity index (χ0n) is 32.6. The monoisotopic (exact) mass is 714 g/mol. The Labute approximate surface area is 310 Å². The molecule has 2 amide bonds. The number of nitrogens with zero attached hydrogens (tertiary/aromatic N) is 3. The van der Waals surface area contributed by atoms with Crippen molar-refractivity contribution in [1.29, 1.82) is 5.26 Å². The van der Waals surface area contributed by atoms with Gasteiger partial charge in [0.15, 0.2) is 0 Å². The molecule has 8 rings (SSSR count). The van der Waals surface area contributed by atoms with Gasteiger partial charge >= 0.3 is 13.2 Å². The van der Waals surface area contributed by atoms with E-state index in [1.54, 1.807) is 11.2 Å². The first kappa shape index (κ1) is 37.3. The molecule has 6 aliphatic rings. The van der Waals surface area contributed by atoms with E-state index in [1.807, 2.05) is 31.2 Å². The van der Waals surface area contributed by atoms with Crippen molar-refractivity contribution < 1.29 is 28.1 Å². The fourth-order valence-corrected chi connectivity index (χ4v) is 10.6. The summed E-state index contributed by atoms with van der Waals surface area (Å²) < 4.78 is 25.4. The second-order valence-corrected chi connectivity index (χ2v) is 18.9. The number of amides is 2. The van der Waals surface area contributed by atoms with Gasteiger partial charge in [-0.1, -0.05) is 52.8 Å². The number of hydrogen-bond acceptors (Lipinski definition) is 8. The van der Waals surface area contributed by atoms with Crippen molar-refractivity contribution in [2.75, 3.05) is 26.2 Å². The molecule has 0 spiro atoms. The Morgan fingerprint density at radius 2 is 1.92 bits per heavy atom. The minimum Gasteiger partial charge on any atom is -0.464 e. The zero-order chi connectivity index (χ0) is 37.2. The summed E-state index contributed by atoms with van der Waals surface area (Å²) in [5.41, 5.74) is 1.67. The van der Waals surface area contributed by atoms with Gasteiger partial charge in [-0.2, -0.15) is 5.26 Å². The Kier molecular flexibility index (Phi) is 9.78. The van der Waals surface area contributed by atoms with Crippen LogP contribution in [0.3, 0.4) is 0 Å². The van der Waals surface area contributed by atoms with E-state index in [0.29, 0.717) is 37.6 Å². The number of carbonyl (C=O) groups is 2. The lowest BCUT2D eigenvalue weighted by Gasteiger charge is -2.64. The average molecular weight is 715 g/mol. The molecule has 8 atom stereocenters. The van der Waals surface area contributed by atoms with E-state index in [2.05, 4.69) is 64.8 Å². The Hall–Kier alpha value is -3.07. The van der Waals surface area contributed by atoms with Crippen molar-refractivity contribution in [3.8, 4) is 6.07 Å². The van der Waals surface area contributed by atoms with Crippen LogP contribution >= 0.6 is 0 Å². The van der Waals surface area contributed by atoms with Crippen LogP contribution in [0.2, 0.25) is 0 Å². The fraction of sp³-hybridized carbons (Fsp3) is 0.732. The van der Waals surface area contributed by atoms with Crippen molar-refractivity contribution in [2.24, 2.45) is 34.5 Å². The van der Waals surface area contributed by atoms with E-state index in [4.69, 9.17) is 18.5 Å². The van der Waals surface area contributed by atoms with Crippen LogP contribution in [-0.2, 0) is 25.3 Å². The van der Waals surface area contributed by atoms with Crippen molar-refractivity contribution >= 4 is 30.1 Å². The Balaban J connectivity index is 1.00. The summed E-state index contributed by atoms with van der Waals surface area (Å²) >= 11 is 0. The summed E-state index contributed by atoms with van der Waals surface area (Å²) in [5, 5.41) is 14.3. The first-order chi connectivity index (χ1) is 24.5. The van der Waals surface area contributed by atoms with Gasteiger partial charge in [-0.25, -0.2) is 4.79 Å². The topological polar surface area (TPSA) is 117 Å². The molecule has 2 bridgehead atoms. The molecule has 4 heterocycles. The van der Waals surface area contributed by atoms with Crippen LogP contribution in [0, 0.1) is 45.8 Å². The highest BCUT2D eigenvalue weighted by atomic mass is 16.7. The van der Waals surface area contributed by atoms with Crippen LogP contribution in [0.15, 0.2) is 34.9 Å². The average Bonchev–Trinajstić information content (AvgIpc) is 3.78. The molecule has 1 N–H and O–H groups in total. The molecule has 1 aromatic heterocycles. The minimum atomic E-state index is -0.755. The molecule has 282 valence electrons. The molecule has 2 unspecified atom stereocenters. The molecule has 2 aromatic rings. The van der Waals surface area contributed by atoms with Crippen LogP contribution in [0.25, 0.3) is 11.0 Å². The van der Waals surface area contributed by atoms with Crippen LogP contribution in [0.4, 0.5) is 4.79 Å². The van der Waals surface area contributed by atoms with Crippen molar-refractivity contribution in [3.05, 3.63) is 36.1 Å². The summed E-state index contributed by atoms with van der Waals surface area (Å²) in [6.45, 7) is 20.8. The van der Waals surface area contributed by atoms with E-state index in [0.717, 1.165) is 55.3 Å². The fourth-order valence-electron chi connectivity index (χ4n) is 10.6. The number of piperidine rings is 1. The molecule has 1 aromatic carbocycles. The van der Waals surface area contributed by atoms with Crippen molar-refractivity contribution in [3.63, 3.8) is 0 Å². The normalized spacial score (nSPS) is 31.3. The number of rotatable bonds is 10. The molecule has 3 aliphatic heterocycles. The number of likely N-dealkylation sites (tertiary alicyclic amines) is 2. The predicted octanol–water partition coefficient (Wildman–Crippen LogP) is 7.01. The van der Waals surface area contributed by atoms with Gasteiger partial charge in [0, 0.05) is 24.0 Å². The number of furan rings is 1. The van der Waals surface area contributed by atoms with Gasteiger partial charge in [-0.15, -0.1) is 0 Å². The van der Waals surface area contributed by atoms with Gasteiger partial charge < -0.3 is 28.7 Å². The molecule has 11 heteroatoms. The lowest BCUT2D eigenvalue weighted by molar-refractivity contribution is -0.199. The number of nitrogens with one attached hydrogen (secondary N) is 1. The van der Waals surface area contributed by atoms with Gasteiger partial charge in [0.25, 0.3) is 0 Å². The zero-order valence-corrected chi connectivity index (χ0v) is 32.6. The van der Waals surface area contributed by atoms with Gasteiger partial charge in [0.2, 0.25) is 5.91 Å². The number of hydrogen-bond donors (Lipinski definition) is 1. The van der Waals surface area contributed by atoms with E-state index in [-0.39, 0.29) is 40.8 Å². The predicted molar refractivity (Wildman–Crippen MR) is 200 cm³/mol. The molecule has 6 fully saturated rings. The molecule has 3 aliphatic carbocycles. The molecule has 3 saturated carbocycles. The second kappa shape index (κ2) is 13.7. The standard InChI is InChI=1S/C41H59BN4O6/c1-26(21-39(4,5)46-17-15-38(2,3)25-46)31(22-43)36(47)45-16-11-12-29(23-45)50-37(48)44-35(18-27-24-49-32-14-10-9-13-30(27)32)42-51-34-20-28-19-33(40(28,6)7)41(34,8)52-42/h9-10,13-14,24,26,28-29,31,33-35H,11-12,15-21,23,25H2,1-8H3,(H,44,48)/t26?,28-,29-,31?,33-,34+,35-,41-/m0/s1. The molecule has 3 saturated heterocycles. The van der Waals surface area contributed by atoms with E-state index in [1.165, 1.54) is 0 Å². The van der Waals surface area contributed by atoms with Gasteiger partial charge in [-0.3, -0.25) is 9.69 Å². The van der Waals surface area contributed by atoms with Crippen molar-refractivity contribution in [2.45, 2.75) is 130 Å². The number of nitriles is 1. The molecule has 0 radical (unpaired) electrons. The number of carbonyl (C=O) groups excluding carboxylic acids is 2. The third-order valence-corrected chi connectivity index (χ3v) is 13.9. The Morgan fingerprint density at radius 1 is 1.15 bits per heavy atom. The van der Waals surface area contributed by atoms with Crippen molar-refractivity contribution in [1.82, 2.24) is 15.1 Å². The van der Waals surface area contributed by atoms with E-state index in [9.17, 15) is 14.9 Å². The maximum Gasteiger partial charge on any atom is 0.482 e. The second-order valence-electron chi connectivity index (χ2n) is 18.9. The largest absolute Gasteiger partial charge is 0.482 e. The minimum absolute atomic E-state index is 0.0307. The number of fused-ring (bicyclic) bond motifs is 1. The maximum absolute atomic E-state index is 13.9. The lowest BCUT2D eigenvalue weighted by atomic mass is 9.43. The highest BCUT2D eigenvalue weighted by Crippen LogP contribution is 2.65. The highest BCUT2D eigenvalue weighted by molar-refractivity contribution is 6.48. The molecular weight excluding hydrogens is 655 g/mol. The Bertz CT molecular complexity index is 1700. The van der Waals surface area contributed by atoms with Gasteiger partial charge in [-0.05, 0) is 112 Å². The smallest absolute Gasteiger partial charge is 0.464 e. The number of alkyl carbamates (subject to hydrolysis) is 1. The number of benzene rings is 1. The quantitative estimate of drug-likeness (QED) is 0.262. The van der Waals surface area contributed by atoms with E-state index < -0.39 is 36.8 Å². The lowest BCUT2D eigenvalue weighted by Crippen LogP contribution is -2.65. The Morgan fingerprint density at radius 3 is 2.63 bits per heavy atom. The number of ether oxygens (including phenoxy) is 1. The third kappa shape index (κ3) is 6.88. The number of para-hydroxylation sites is 1. The van der Waals surface area contributed by atoms with Crippen LogP contribution in [-0.4, -0.2) is 84.4 Å². The summed E-state index contributed by atoms with van der Waals surface area (Å²) in [7, 11) is -0.649. The third-order valence-electron chi connectivity index (χ3n) is 13.9. The van der Waals surface area contributed by atoms with Gasteiger partial charge in [0.05, 0.1) is 36.5 Å². The summed E-state index contributed by atoms with van der Waals surface area (Å²) in [4.78, 5) is 31.8. The first-order valence-electron chi connectivity index (χ1n) is 19.7. The molecular formula is C41H59BN4O6. The summed E-state index contributed by atoms with van der Waals surface area (Å²) in [6, 6.07) is 10.2. The molecule has 52 heavy (non-hydrogen) atoms. The van der Waals surface area contributed by atoms with Gasteiger partial charge in [0.1, 0.15) is 17.6 Å². The molecule has 10 nitrogen and oxygen atoms in total. The summed E-state index contributed by atoms with van der Waals surface area (Å²) in [5.74, 6) is -0.568. The van der Waals surface area contributed by atoms with Crippen LogP contribution in [0.5, 0.6) is 0 Å². The maximum atomic E-state index is 13.9. The SMILES string of the molecule is CC(CC(C)(C)N1CCC(C)(C)C1)C(C#N)C(=O)N1CCC[C@H](OC(=O)N[C@@H](Cc2coc3ccccc23)B2O[C@@H]3C[C@@H]4C[C@@H](C4(C)C)[C@]3(C)O2)C1. The summed E-state index contributed by atoms with van der Waals surface area (Å²) in [6.07, 6.45) is 6.45. The highest BCUT2D eigenvalue weighted by Gasteiger charge is 2.68. The first-order valence-corrected chi connectivity index (χ1v) is 19.7. The van der Waals surface area contributed by atoms with Crippen LogP contribution < -0.4 is 5.32 Å². The van der Waals surface area contributed by atoms with Crippen LogP contribution in [0.1, 0.15) is 99.5 Å². The van der Waals surface area contributed by atoms with E-state index >= 15 is 0 Å².